The second-order valence-corrected chi connectivity index (χ2v) is 7.55. The first-order chi connectivity index (χ1) is 11.9. The third-order valence-electron chi connectivity index (χ3n) is 3.14. The molecule has 0 spiro atoms. The van der Waals surface area contributed by atoms with Gasteiger partial charge >= 0.3 is 0 Å². The second-order valence-electron chi connectivity index (χ2n) is 5.00. The highest BCUT2D eigenvalue weighted by molar-refractivity contribution is 7.92. The predicted octanol–water partition coefficient (Wildman–Crippen LogP) is 4.33. The molecule has 0 fully saturated rings. The fraction of sp³-hybridized carbons (Fsp3) is 0. The molecule has 9 heteroatoms. The summed E-state index contributed by atoms with van der Waals surface area (Å²) in [6.07, 6.45) is 0. The van der Waals surface area contributed by atoms with E-state index in [1.54, 1.807) is 30.3 Å². The van der Waals surface area contributed by atoms with E-state index in [4.69, 9.17) is 23.2 Å². The van der Waals surface area contributed by atoms with E-state index in [1.807, 2.05) is 0 Å². The molecule has 1 aromatic heterocycles. The van der Waals surface area contributed by atoms with E-state index in [9.17, 15) is 8.42 Å². The van der Waals surface area contributed by atoms with Crippen LogP contribution in [-0.2, 0) is 10.0 Å². The number of nitrogens with one attached hydrogen (secondary N) is 2. The van der Waals surface area contributed by atoms with Crippen molar-refractivity contribution in [3.8, 4) is 0 Å². The van der Waals surface area contributed by atoms with Crippen LogP contribution in [0.25, 0.3) is 0 Å². The fourth-order valence-corrected chi connectivity index (χ4v) is 3.19. The number of anilines is 3. The molecule has 1 heterocycles. The Balaban J connectivity index is 1.71. The normalized spacial score (nSPS) is 11.1. The van der Waals surface area contributed by atoms with Gasteiger partial charge in [-0.05, 0) is 60.7 Å². The van der Waals surface area contributed by atoms with Crippen LogP contribution >= 0.6 is 23.2 Å². The molecule has 128 valence electrons. The lowest BCUT2D eigenvalue weighted by Crippen LogP contribution is -2.14. The third kappa shape index (κ3) is 4.60. The van der Waals surface area contributed by atoms with Gasteiger partial charge < -0.3 is 5.32 Å². The molecule has 0 aliphatic heterocycles. The van der Waals surface area contributed by atoms with Gasteiger partial charge in [-0.2, -0.15) is 0 Å². The van der Waals surface area contributed by atoms with Crippen LogP contribution in [-0.4, -0.2) is 18.6 Å². The summed E-state index contributed by atoms with van der Waals surface area (Å²) < 4.78 is 26.9. The average molecular weight is 395 g/mol. The van der Waals surface area contributed by atoms with E-state index in [0.29, 0.717) is 15.9 Å². The Morgan fingerprint density at radius 1 is 0.720 bits per heavy atom. The number of aromatic nitrogens is 2. The number of hydrogen-bond donors (Lipinski definition) is 2. The predicted molar refractivity (Wildman–Crippen MR) is 99.0 cm³/mol. The standard InChI is InChI=1S/C16H12Cl2N4O2S/c17-11-1-5-13(6-2-11)19-15-9-10-16(21-20-15)22-25(23,24)14-7-3-12(18)4-8-14/h1-10H,(H,19,20)(H,21,22). The molecule has 2 N–H and O–H groups in total. The molecule has 0 aliphatic carbocycles. The van der Waals surface area contributed by atoms with Crippen molar-refractivity contribution < 1.29 is 8.42 Å². The van der Waals surface area contributed by atoms with E-state index in [2.05, 4.69) is 20.2 Å². The number of nitrogens with zero attached hydrogens (tertiary/aromatic N) is 2. The fourth-order valence-electron chi connectivity index (χ4n) is 1.94. The number of sulfonamides is 1. The molecule has 0 bridgehead atoms. The highest BCUT2D eigenvalue weighted by Crippen LogP contribution is 2.19. The summed E-state index contributed by atoms with van der Waals surface area (Å²) in [5, 5.41) is 11.9. The summed E-state index contributed by atoms with van der Waals surface area (Å²) in [5.74, 6) is 0.577. The van der Waals surface area contributed by atoms with Crippen molar-refractivity contribution in [2.45, 2.75) is 4.90 Å². The zero-order valence-corrected chi connectivity index (χ0v) is 15.0. The van der Waals surface area contributed by atoms with Crippen LogP contribution in [0, 0.1) is 0 Å². The Labute approximate surface area is 154 Å². The summed E-state index contributed by atoms with van der Waals surface area (Å²) in [4.78, 5) is 0.0852. The summed E-state index contributed by atoms with van der Waals surface area (Å²) in [6, 6.07) is 16.0. The average Bonchev–Trinajstić information content (AvgIpc) is 2.59. The Hall–Kier alpha value is -2.35. The van der Waals surface area contributed by atoms with Gasteiger partial charge in [0.1, 0.15) is 0 Å². The van der Waals surface area contributed by atoms with Gasteiger partial charge in [-0.15, -0.1) is 10.2 Å². The lowest BCUT2D eigenvalue weighted by molar-refractivity contribution is 0.601. The molecule has 0 saturated carbocycles. The highest BCUT2D eigenvalue weighted by atomic mass is 35.5. The maximum Gasteiger partial charge on any atom is 0.263 e. The van der Waals surface area contributed by atoms with Crippen molar-refractivity contribution in [3.05, 3.63) is 70.7 Å². The Morgan fingerprint density at radius 2 is 1.24 bits per heavy atom. The van der Waals surface area contributed by atoms with Crippen molar-refractivity contribution in [3.63, 3.8) is 0 Å². The minimum Gasteiger partial charge on any atom is -0.339 e. The third-order valence-corrected chi connectivity index (χ3v) is 5.02. The van der Waals surface area contributed by atoms with Crippen molar-refractivity contribution in [1.29, 1.82) is 0 Å². The summed E-state index contributed by atoms with van der Waals surface area (Å²) in [5.41, 5.74) is 0.785. The van der Waals surface area contributed by atoms with Crippen molar-refractivity contribution in [1.82, 2.24) is 10.2 Å². The van der Waals surface area contributed by atoms with E-state index >= 15 is 0 Å². The molecular formula is C16H12Cl2N4O2S. The monoisotopic (exact) mass is 394 g/mol. The summed E-state index contributed by atoms with van der Waals surface area (Å²) >= 11 is 11.6. The Bertz CT molecular complexity index is 961. The molecule has 2 aromatic carbocycles. The maximum atomic E-state index is 12.3. The number of benzene rings is 2. The number of halogens is 2. The molecule has 0 amide bonds. The minimum absolute atomic E-state index is 0.0852. The smallest absolute Gasteiger partial charge is 0.263 e. The van der Waals surface area contributed by atoms with Gasteiger partial charge in [0.2, 0.25) is 0 Å². The zero-order chi connectivity index (χ0) is 17.9. The number of hydrogen-bond acceptors (Lipinski definition) is 5. The van der Waals surface area contributed by atoms with Gasteiger partial charge in [0, 0.05) is 15.7 Å². The number of rotatable bonds is 5. The van der Waals surface area contributed by atoms with E-state index in [1.165, 1.54) is 30.3 Å². The van der Waals surface area contributed by atoms with E-state index < -0.39 is 10.0 Å². The van der Waals surface area contributed by atoms with E-state index in [-0.39, 0.29) is 10.7 Å². The van der Waals surface area contributed by atoms with Crippen molar-refractivity contribution in [2.75, 3.05) is 10.0 Å². The van der Waals surface area contributed by atoms with Gasteiger partial charge in [0.05, 0.1) is 4.90 Å². The van der Waals surface area contributed by atoms with Gasteiger partial charge in [-0.3, -0.25) is 4.72 Å². The second kappa shape index (κ2) is 7.26. The van der Waals surface area contributed by atoms with Crippen molar-refractivity contribution >= 4 is 50.5 Å². The zero-order valence-electron chi connectivity index (χ0n) is 12.6. The SMILES string of the molecule is O=S(=O)(Nc1ccc(Nc2ccc(Cl)cc2)nn1)c1ccc(Cl)cc1. The molecule has 0 unspecified atom stereocenters. The molecule has 25 heavy (non-hydrogen) atoms. The van der Waals surface area contributed by atoms with Crippen LogP contribution in [0.3, 0.4) is 0 Å². The van der Waals surface area contributed by atoms with Crippen LogP contribution < -0.4 is 10.0 Å². The molecule has 0 saturated heterocycles. The van der Waals surface area contributed by atoms with Gasteiger partial charge in [0.15, 0.2) is 11.6 Å². The molecule has 3 rings (SSSR count). The molecule has 3 aromatic rings. The first-order valence-electron chi connectivity index (χ1n) is 7.07. The van der Waals surface area contributed by atoms with Gasteiger partial charge in [0.25, 0.3) is 10.0 Å². The van der Waals surface area contributed by atoms with Crippen molar-refractivity contribution in [2.24, 2.45) is 0 Å². The first-order valence-corrected chi connectivity index (χ1v) is 9.31. The lowest BCUT2D eigenvalue weighted by Gasteiger charge is -2.08. The Kier molecular flexibility index (Phi) is 5.08. The minimum atomic E-state index is -3.75. The molecule has 0 aliphatic rings. The van der Waals surface area contributed by atoms with Crippen LogP contribution in [0.5, 0.6) is 0 Å². The molecule has 6 nitrogen and oxygen atoms in total. The first kappa shape index (κ1) is 17.5. The van der Waals surface area contributed by atoms with Crippen LogP contribution in [0.1, 0.15) is 0 Å². The highest BCUT2D eigenvalue weighted by Gasteiger charge is 2.15. The van der Waals surface area contributed by atoms with Crippen LogP contribution in [0.4, 0.5) is 17.3 Å². The summed E-state index contributed by atoms with van der Waals surface area (Å²) in [7, 11) is -3.75. The van der Waals surface area contributed by atoms with Gasteiger partial charge in [-0.25, -0.2) is 8.42 Å². The topological polar surface area (TPSA) is 84.0 Å². The molecular weight excluding hydrogens is 383 g/mol. The maximum absolute atomic E-state index is 12.3. The van der Waals surface area contributed by atoms with Crippen LogP contribution in [0.15, 0.2) is 65.6 Å². The lowest BCUT2D eigenvalue weighted by atomic mass is 10.3. The Morgan fingerprint density at radius 3 is 1.80 bits per heavy atom. The molecule has 0 atom stereocenters. The largest absolute Gasteiger partial charge is 0.339 e. The summed E-state index contributed by atoms with van der Waals surface area (Å²) in [6.45, 7) is 0. The van der Waals surface area contributed by atoms with E-state index in [0.717, 1.165) is 5.69 Å². The van der Waals surface area contributed by atoms with Crippen LogP contribution in [0.2, 0.25) is 10.0 Å². The quantitative estimate of drug-likeness (QED) is 0.672. The molecule has 0 radical (unpaired) electrons. The van der Waals surface area contributed by atoms with Gasteiger partial charge in [-0.1, -0.05) is 23.2 Å².